The Kier molecular flexibility index (Phi) is 5.12. The number of carboxylic acids is 1. The fourth-order valence-corrected chi connectivity index (χ4v) is 2.06. The van der Waals surface area contributed by atoms with Crippen molar-refractivity contribution in [1.29, 1.82) is 0 Å². The molecule has 0 heterocycles. The van der Waals surface area contributed by atoms with Gasteiger partial charge in [-0.1, -0.05) is 0 Å². The van der Waals surface area contributed by atoms with Crippen molar-refractivity contribution in [3.05, 3.63) is 0 Å². The zero-order valence-corrected chi connectivity index (χ0v) is 10.8. The van der Waals surface area contributed by atoms with Gasteiger partial charge < -0.3 is 15.3 Å². The molecule has 1 fully saturated rings. The van der Waals surface area contributed by atoms with Gasteiger partial charge in [0, 0.05) is 19.5 Å². The van der Waals surface area contributed by atoms with Crippen molar-refractivity contribution in [3.63, 3.8) is 0 Å². The SMILES string of the molecule is CCN(C)C(=O)CNC(=O)[C@@H]1CC[C@H](C(=O)O)C1. The Hall–Kier alpha value is -1.59. The predicted octanol–water partition coefficient (Wildman–Crippen LogP) is 0.0818. The summed E-state index contributed by atoms with van der Waals surface area (Å²) in [7, 11) is 1.67. The molecular weight excluding hydrogens is 236 g/mol. The molecule has 2 atom stereocenters. The molecule has 2 N–H and O–H groups in total. The Labute approximate surface area is 106 Å². The number of carbonyl (C=O) groups excluding carboxylic acids is 2. The van der Waals surface area contributed by atoms with Gasteiger partial charge in [0.25, 0.3) is 0 Å². The van der Waals surface area contributed by atoms with Gasteiger partial charge in [-0.15, -0.1) is 0 Å². The van der Waals surface area contributed by atoms with E-state index < -0.39 is 11.9 Å². The molecule has 0 spiro atoms. The molecule has 0 unspecified atom stereocenters. The van der Waals surface area contributed by atoms with Crippen LogP contribution in [0.5, 0.6) is 0 Å². The minimum Gasteiger partial charge on any atom is -0.481 e. The van der Waals surface area contributed by atoms with E-state index in [9.17, 15) is 14.4 Å². The molecule has 0 aliphatic heterocycles. The zero-order chi connectivity index (χ0) is 13.7. The molecule has 0 saturated heterocycles. The third kappa shape index (κ3) is 3.72. The first-order valence-corrected chi connectivity index (χ1v) is 6.20. The number of likely N-dealkylation sites (N-methyl/N-ethyl adjacent to an activating group) is 1. The molecular formula is C12H20N2O4. The fraction of sp³-hybridized carbons (Fsp3) is 0.750. The highest BCUT2D eigenvalue weighted by Gasteiger charge is 2.33. The summed E-state index contributed by atoms with van der Waals surface area (Å²) in [5, 5.41) is 11.4. The molecule has 1 saturated carbocycles. The van der Waals surface area contributed by atoms with Crippen LogP contribution in [-0.4, -0.2) is 47.9 Å². The van der Waals surface area contributed by atoms with E-state index in [2.05, 4.69) is 5.32 Å². The van der Waals surface area contributed by atoms with Crippen LogP contribution in [0.15, 0.2) is 0 Å². The van der Waals surface area contributed by atoms with Crippen LogP contribution in [-0.2, 0) is 14.4 Å². The molecule has 0 aromatic rings. The third-order valence-electron chi connectivity index (χ3n) is 3.47. The molecule has 102 valence electrons. The van der Waals surface area contributed by atoms with Crippen molar-refractivity contribution < 1.29 is 19.5 Å². The molecule has 18 heavy (non-hydrogen) atoms. The van der Waals surface area contributed by atoms with Gasteiger partial charge in [0.05, 0.1) is 12.5 Å². The average Bonchev–Trinajstić information content (AvgIpc) is 2.84. The first kappa shape index (κ1) is 14.5. The van der Waals surface area contributed by atoms with Gasteiger partial charge in [0.15, 0.2) is 0 Å². The van der Waals surface area contributed by atoms with Crippen molar-refractivity contribution in [1.82, 2.24) is 10.2 Å². The van der Waals surface area contributed by atoms with Gasteiger partial charge in [-0.25, -0.2) is 0 Å². The Bertz CT molecular complexity index is 343. The van der Waals surface area contributed by atoms with Gasteiger partial charge in [-0.05, 0) is 26.2 Å². The molecule has 0 aromatic carbocycles. The summed E-state index contributed by atoms with van der Waals surface area (Å²) in [4.78, 5) is 35.5. The zero-order valence-electron chi connectivity index (χ0n) is 10.8. The van der Waals surface area contributed by atoms with Crippen molar-refractivity contribution in [3.8, 4) is 0 Å². The number of rotatable bonds is 5. The maximum Gasteiger partial charge on any atom is 0.306 e. The van der Waals surface area contributed by atoms with Crippen LogP contribution in [0.25, 0.3) is 0 Å². The van der Waals surface area contributed by atoms with E-state index in [-0.39, 0.29) is 24.3 Å². The minimum atomic E-state index is -0.841. The van der Waals surface area contributed by atoms with Crippen LogP contribution in [0, 0.1) is 11.8 Å². The lowest BCUT2D eigenvalue weighted by Crippen LogP contribution is -2.40. The smallest absolute Gasteiger partial charge is 0.306 e. The Morgan fingerprint density at radius 1 is 1.28 bits per heavy atom. The number of hydrogen-bond donors (Lipinski definition) is 2. The van der Waals surface area contributed by atoms with E-state index >= 15 is 0 Å². The van der Waals surface area contributed by atoms with Crippen LogP contribution in [0.2, 0.25) is 0 Å². The van der Waals surface area contributed by atoms with E-state index in [4.69, 9.17) is 5.11 Å². The van der Waals surface area contributed by atoms with Crippen LogP contribution in [0.1, 0.15) is 26.2 Å². The van der Waals surface area contributed by atoms with E-state index in [0.29, 0.717) is 25.8 Å². The molecule has 1 aliphatic carbocycles. The second-order valence-corrected chi connectivity index (χ2v) is 4.67. The summed E-state index contributed by atoms with van der Waals surface area (Å²) >= 11 is 0. The lowest BCUT2D eigenvalue weighted by molar-refractivity contribution is -0.141. The average molecular weight is 256 g/mol. The molecule has 2 amide bonds. The Morgan fingerprint density at radius 3 is 2.39 bits per heavy atom. The normalized spacial score (nSPS) is 22.6. The Morgan fingerprint density at radius 2 is 1.89 bits per heavy atom. The van der Waals surface area contributed by atoms with Gasteiger partial charge in [0.1, 0.15) is 0 Å². The summed E-state index contributed by atoms with van der Waals surface area (Å²) < 4.78 is 0. The minimum absolute atomic E-state index is 0.0165. The third-order valence-corrected chi connectivity index (χ3v) is 3.47. The van der Waals surface area contributed by atoms with Crippen LogP contribution >= 0.6 is 0 Å². The summed E-state index contributed by atoms with van der Waals surface area (Å²) in [6, 6.07) is 0. The highest BCUT2D eigenvalue weighted by Crippen LogP contribution is 2.30. The van der Waals surface area contributed by atoms with E-state index in [1.165, 1.54) is 4.90 Å². The van der Waals surface area contributed by atoms with Crippen molar-refractivity contribution in [2.45, 2.75) is 26.2 Å². The molecule has 6 heteroatoms. The largest absolute Gasteiger partial charge is 0.481 e. The first-order valence-electron chi connectivity index (χ1n) is 6.20. The molecule has 0 bridgehead atoms. The van der Waals surface area contributed by atoms with Crippen LogP contribution in [0.3, 0.4) is 0 Å². The summed E-state index contributed by atoms with van der Waals surface area (Å²) in [6.45, 7) is 2.44. The van der Waals surface area contributed by atoms with Gasteiger partial charge in [0.2, 0.25) is 11.8 Å². The van der Waals surface area contributed by atoms with Gasteiger partial charge in [-0.2, -0.15) is 0 Å². The number of aliphatic carboxylic acids is 1. The topological polar surface area (TPSA) is 86.7 Å². The second-order valence-electron chi connectivity index (χ2n) is 4.67. The maximum atomic E-state index is 11.8. The lowest BCUT2D eigenvalue weighted by atomic mass is 10.0. The predicted molar refractivity (Wildman–Crippen MR) is 64.8 cm³/mol. The number of carboxylic acid groups (broad SMARTS) is 1. The van der Waals surface area contributed by atoms with E-state index in [1.54, 1.807) is 7.05 Å². The Balaban J connectivity index is 2.34. The number of nitrogens with one attached hydrogen (secondary N) is 1. The maximum absolute atomic E-state index is 11.8. The summed E-state index contributed by atoms with van der Waals surface area (Å²) in [6.07, 6.45) is 1.50. The van der Waals surface area contributed by atoms with Crippen molar-refractivity contribution in [2.75, 3.05) is 20.1 Å². The number of nitrogens with zero attached hydrogens (tertiary/aromatic N) is 1. The number of hydrogen-bond acceptors (Lipinski definition) is 3. The highest BCUT2D eigenvalue weighted by molar-refractivity contribution is 5.86. The fourth-order valence-electron chi connectivity index (χ4n) is 2.06. The van der Waals surface area contributed by atoms with Crippen molar-refractivity contribution in [2.24, 2.45) is 11.8 Å². The molecule has 0 aromatic heterocycles. The lowest BCUT2D eigenvalue weighted by Gasteiger charge is -2.16. The molecule has 1 rings (SSSR count). The molecule has 0 radical (unpaired) electrons. The number of amides is 2. The summed E-state index contributed by atoms with van der Waals surface area (Å²) in [5.74, 6) is -1.89. The van der Waals surface area contributed by atoms with Crippen LogP contribution in [0.4, 0.5) is 0 Å². The van der Waals surface area contributed by atoms with E-state index in [1.807, 2.05) is 6.92 Å². The van der Waals surface area contributed by atoms with Gasteiger partial charge >= 0.3 is 5.97 Å². The summed E-state index contributed by atoms with van der Waals surface area (Å²) in [5.41, 5.74) is 0. The van der Waals surface area contributed by atoms with Crippen LogP contribution < -0.4 is 5.32 Å². The monoisotopic (exact) mass is 256 g/mol. The molecule has 1 aliphatic rings. The van der Waals surface area contributed by atoms with E-state index in [0.717, 1.165) is 0 Å². The quantitative estimate of drug-likeness (QED) is 0.729. The standard InChI is InChI=1S/C12H20N2O4/c1-3-14(2)10(15)7-13-11(16)8-4-5-9(6-8)12(17)18/h8-9H,3-7H2,1-2H3,(H,13,16)(H,17,18)/t8-,9+/m1/s1. The van der Waals surface area contributed by atoms with Crippen molar-refractivity contribution >= 4 is 17.8 Å². The number of carbonyl (C=O) groups is 3. The highest BCUT2D eigenvalue weighted by atomic mass is 16.4. The first-order chi connectivity index (χ1) is 8.45. The molecule has 6 nitrogen and oxygen atoms in total. The van der Waals surface area contributed by atoms with Gasteiger partial charge in [-0.3, -0.25) is 14.4 Å². The second kappa shape index (κ2) is 6.37.